The summed E-state index contributed by atoms with van der Waals surface area (Å²) >= 11 is 0. The average Bonchev–Trinajstić information content (AvgIpc) is 2.46. The predicted octanol–water partition coefficient (Wildman–Crippen LogP) is 2.81. The maximum Gasteiger partial charge on any atom is 0.418 e. The molecular weight excluding hydrogens is 295 g/mol. The number of hydrogen-bond acceptors (Lipinski definition) is 3. The fourth-order valence-electron chi connectivity index (χ4n) is 2.62. The third-order valence-electron chi connectivity index (χ3n) is 3.78. The van der Waals surface area contributed by atoms with Gasteiger partial charge in [-0.15, -0.1) is 0 Å². The molecule has 0 radical (unpaired) electrons. The van der Waals surface area contributed by atoms with Crippen LogP contribution in [0.3, 0.4) is 0 Å². The van der Waals surface area contributed by atoms with E-state index in [9.17, 15) is 18.0 Å². The van der Waals surface area contributed by atoms with Gasteiger partial charge in [-0.25, -0.2) is 0 Å². The summed E-state index contributed by atoms with van der Waals surface area (Å²) in [5.74, 6) is -0.391. The van der Waals surface area contributed by atoms with Gasteiger partial charge >= 0.3 is 6.18 Å². The Balaban J connectivity index is 2.28. The van der Waals surface area contributed by atoms with E-state index >= 15 is 0 Å². The molecule has 1 amide bonds. The molecule has 2 rings (SSSR count). The Hall–Kier alpha value is -1.76. The zero-order chi connectivity index (χ0) is 16.3. The molecule has 1 aliphatic heterocycles. The Morgan fingerprint density at radius 3 is 2.36 bits per heavy atom. The van der Waals surface area contributed by atoms with E-state index < -0.39 is 17.6 Å². The number of amides is 1. The minimum absolute atomic E-state index is 0.163. The van der Waals surface area contributed by atoms with Gasteiger partial charge in [-0.05, 0) is 24.7 Å². The van der Waals surface area contributed by atoms with Crippen LogP contribution < -0.4 is 10.2 Å². The molecule has 1 aliphatic rings. The minimum atomic E-state index is -4.45. The highest BCUT2D eigenvalue weighted by atomic mass is 19.4. The number of alkyl halides is 3. The first-order valence-corrected chi connectivity index (χ1v) is 7.27. The van der Waals surface area contributed by atoms with Crippen LogP contribution in [0.5, 0.6) is 0 Å². The van der Waals surface area contributed by atoms with Gasteiger partial charge in [0.25, 0.3) is 0 Å². The van der Waals surface area contributed by atoms with Gasteiger partial charge in [0.1, 0.15) is 0 Å². The van der Waals surface area contributed by atoms with Gasteiger partial charge in [-0.2, -0.15) is 13.2 Å². The molecule has 1 N–H and O–H groups in total. The van der Waals surface area contributed by atoms with Crippen molar-refractivity contribution in [3.8, 4) is 0 Å². The molecule has 0 atom stereocenters. The van der Waals surface area contributed by atoms with E-state index in [0.29, 0.717) is 13.1 Å². The molecule has 1 saturated heterocycles. The lowest BCUT2D eigenvalue weighted by Crippen LogP contribution is -2.46. The van der Waals surface area contributed by atoms with Gasteiger partial charge in [0, 0.05) is 44.5 Å². The van der Waals surface area contributed by atoms with E-state index in [1.165, 1.54) is 19.1 Å². The van der Waals surface area contributed by atoms with Crippen molar-refractivity contribution in [2.75, 3.05) is 42.9 Å². The van der Waals surface area contributed by atoms with E-state index in [-0.39, 0.29) is 11.4 Å². The van der Waals surface area contributed by atoms with Crippen LogP contribution in [-0.4, -0.2) is 43.5 Å². The standard InChI is InChI=1S/C15H20F3N3O/c1-3-20-6-8-21(9-7-20)14-5-4-12(19-11(2)22)10-13(14)15(16,17)18/h4-5,10H,3,6-9H2,1-2H3,(H,19,22). The molecule has 1 heterocycles. The second-order valence-corrected chi connectivity index (χ2v) is 5.33. The number of hydrogen-bond donors (Lipinski definition) is 1. The van der Waals surface area contributed by atoms with Gasteiger partial charge in [-0.1, -0.05) is 6.92 Å². The molecule has 0 bridgehead atoms. The van der Waals surface area contributed by atoms with E-state index in [4.69, 9.17) is 0 Å². The highest BCUT2D eigenvalue weighted by Crippen LogP contribution is 2.38. The lowest BCUT2D eigenvalue weighted by Gasteiger charge is -2.36. The fraction of sp³-hybridized carbons (Fsp3) is 0.533. The molecule has 22 heavy (non-hydrogen) atoms. The molecule has 4 nitrogen and oxygen atoms in total. The summed E-state index contributed by atoms with van der Waals surface area (Å²) in [5, 5.41) is 2.40. The van der Waals surface area contributed by atoms with Crippen LogP contribution in [-0.2, 0) is 11.0 Å². The quantitative estimate of drug-likeness (QED) is 0.932. The van der Waals surface area contributed by atoms with Crippen LogP contribution in [0, 0.1) is 0 Å². The zero-order valence-electron chi connectivity index (χ0n) is 12.7. The predicted molar refractivity (Wildman–Crippen MR) is 80.1 cm³/mol. The maximum atomic E-state index is 13.3. The molecule has 7 heteroatoms. The van der Waals surface area contributed by atoms with Crippen LogP contribution in [0.1, 0.15) is 19.4 Å². The lowest BCUT2D eigenvalue weighted by molar-refractivity contribution is -0.137. The summed E-state index contributed by atoms with van der Waals surface area (Å²) in [4.78, 5) is 15.0. The van der Waals surface area contributed by atoms with Crippen molar-refractivity contribution in [2.45, 2.75) is 20.0 Å². The Bertz CT molecular complexity index is 537. The minimum Gasteiger partial charge on any atom is -0.368 e. The van der Waals surface area contributed by atoms with Crippen molar-refractivity contribution in [2.24, 2.45) is 0 Å². The van der Waals surface area contributed by atoms with Crippen LogP contribution in [0.2, 0.25) is 0 Å². The van der Waals surface area contributed by atoms with E-state index in [1.54, 1.807) is 4.90 Å². The van der Waals surface area contributed by atoms with Gasteiger partial charge < -0.3 is 15.1 Å². The molecule has 1 aromatic carbocycles. The Morgan fingerprint density at radius 1 is 1.23 bits per heavy atom. The summed E-state index contributed by atoms with van der Waals surface area (Å²) in [6, 6.07) is 3.96. The molecule has 0 saturated carbocycles. The number of likely N-dealkylation sites (N-methyl/N-ethyl adjacent to an activating group) is 1. The van der Waals surface area contributed by atoms with Gasteiger partial charge in [0.05, 0.1) is 5.56 Å². The monoisotopic (exact) mass is 315 g/mol. The van der Waals surface area contributed by atoms with Crippen molar-refractivity contribution < 1.29 is 18.0 Å². The first kappa shape index (κ1) is 16.6. The summed E-state index contributed by atoms with van der Waals surface area (Å²) < 4.78 is 39.9. The largest absolute Gasteiger partial charge is 0.418 e. The topological polar surface area (TPSA) is 35.6 Å². The fourth-order valence-corrected chi connectivity index (χ4v) is 2.62. The van der Waals surface area contributed by atoms with Crippen LogP contribution in [0.4, 0.5) is 24.5 Å². The number of carbonyl (C=O) groups is 1. The molecule has 0 spiro atoms. The van der Waals surface area contributed by atoms with Gasteiger partial charge in [0.15, 0.2) is 0 Å². The number of nitrogens with zero attached hydrogens (tertiary/aromatic N) is 2. The SMILES string of the molecule is CCN1CCN(c2ccc(NC(C)=O)cc2C(F)(F)F)CC1. The molecule has 122 valence electrons. The summed E-state index contributed by atoms with van der Waals surface area (Å²) in [5.41, 5.74) is -0.364. The summed E-state index contributed by atoms with van der Waals surface area (Å²) in [6.07, 6.45) is -4.45. The van der Waals surface area contributed by atoms with E-state index in [0.717, 1.165) is 25.7 Å². The lowest BCUT2D eigenvalue weighted by atomic mass is 10.1. The van der Waals surface area contributed by atoms with Crippen LogP contribution in [0.15, 0.2) is 18.2 Å². The number of halogens is 3. The van der Waals surface area contributed by atoms with Crippen molar-refractivity contribution in [1.29, 1.82) is 0 Å². The zero-order valence-corrected chi connectivity index (χ0v) is 12.7. The third-order valence-corrected chi connectivity index (χ3v) is 3.78. The first-order valence-electron chi connectivity index (χ1n) is 7.27. The van der Waals surface area contributed by atoms with E-state index in [2.05, 4.69) is 10.2 Å². The number of carbonyl (C=O) groups excluding carboxylic acids is 1. The highest BCUT2D eigenvalue weighted by molar-refractivity contribution is 5.89. The molecule has 1 aromatic rings. The number of piperazine rings is 1. The Kier molecular flexibility index (Phi) is 4.95. The molecule has 0 aliphatic carbocycles. The van der Waals surface area contributed by atoms with Gasteiger partial charge in [-0.3, -0.25) is 4.79 Å². The second kappa shape index (κ2) is 6.56. The number of nitrogens with one attached hydrogen (secondary N) is 1. The molecular formula is C15H20F3N3O. The number of rotatable bonds is 3. The molecule has 1 fully saturated rings. The van der Waals surface area contributed by atoms with Crippen molar-refractivity contribution in [3.05, 3.63) is 23.8 Å². The van der Waals surface area contributed by atoms with Crippen LogP contribution in [0.25, 0.3) is 0 Å². The van der Waals surface area contributed by atoms with Crippen LogP contribution >= 0.6 is 0 Å². The number of anilines is 2. The second-order valence-electron chi connectivity index (χ2n) is 5.33. The number of benzene rings is 1. The Labute approximate surface area is 127 Å². The maximum absolute atomic E-state index is 13.3. The molecule has 0 aromatic heterocycles. The smallest absolute Gasteiger partial charge is 0.368 e. The van der Waals surface area contributed by atoms with Crippen molar-refractivity contribution >= 4 is 17.3 Å². The highest BCUT2D eigenvalue weighted by Gasteiger charge is 2.35. The van der Waals surface area contributed by atoms with Gasteiger partial charge in [0.2, 0.25) is 5.91 Å². The van der Waals surface area contributed by atoms with E-state index in [1.807, 2.05) is 6.92 Å². The average molecular weight is 315 g/mol. The third kappa shape index (κ3) is 3.91. The summed E-state index contributed by atoms with van der Waals surface area (Å²) in [7, 11) is 0. The first-order chi connectivity index (χ1) is 10.3. The summed E-state index contributed by atoms with van der Waals surface area (Å²) in [6.45, 7) is 6.85. The van der Waals surface area contributed by atoms with Crippen molar-refractivity contribution in [1.82, 2.24) is 4.90 Å². The Morgan fingerprint density at radius 2 is 1.86 bits per heavy atom. The normalized spacial score (nSPS) is 16.7. The molecule has 0 unspecified atom stereocenters. The van der Waals surface area contributed by atoms with Crippen molar-refractivity contribution in [3.63, 3.8) is 0 Å².